The summed E-state index contributed by atoms with van der Waals surface area (Å²) in [5, 5.41) is 0. The SMILES string of the molecule is C=CCCC.CCC. The molecule has 0 amide bonds. The first kappa shape index (κ1) is 10.7. The molecule has 0 N–H and O–H groups in total. The molecule has 0 radical (unpaired) electrons. The number of hydrogen-bond acceptors (Lipinski definition) is 0. The van der Waals surface area contributed by atoms with Crippen molar-refractivity contribution in [3.8, 4) is 0 Å². The molecule has 0 fully saturated rings. The van der Waals surface area contributed by atoms with E-state index in [1.807, 2.05) is 6.08 Å². The van der Waals surface area contributed by atoms with Gasteiger partial charge in [-0.15, -0.1) is 6.58 Å². The van der Waals surface area contributed by atoms with Crippen molar-refractivity contribution in [2.45, 2.75) is 40.0 Å². The lowest BCUT2D eigenvalue weighted by atomic mass is 10.3. The van der Waals surface area contributed by atoms with Crippen LogP contribution in [0.15, 0.2) is 12.7 Å². The van der Waals surface area contributed by atoms with Crippen LogP contribution in [0.5, 0.6) is 0 Å². The highest BCUT2D eigenvalue weighted by molar-refractivity contribution is 4.63. The highest BCUT2D eigenvalue weighted by Crippen LogP contribution is 1.82. The van der Waals surface area contributed by atoms with Crippen molar-refractivity contribution >= 4 is 0 Å². The van der Waals surface area contributed by atoms with Crippen molar-refractivity contribution in [3.05, 3.63) is 12.7 Å². The predicted molar refractivity (Wildman–Crippen MR) is 41.1 cm³/mol. The van der Waals surface area contributed by atoms with E-state index in [-0.39, 0.29) is 0 Å². The molecule has 0 nitrogen and oxygen atoms in total. The van der Waals surface area contributed by atoms with Crippen LogP contribution in [-0.4, -0.2) is 0 Å². The topological polar surface area (TPSA) is 0 Å². The van der Waals surface area contributed by atoms with Gasteiger partial charge in [-0.25, -0.2) is 0 Å². The Morgan fingerprint density at radius 2 is 1.62 bits per heavy atom. The lowest BCUT2D eigenvalue weighted by Gasteiger charge is -1.72. The van der Waals surface area contributed by atoms with Gasteiger partial charge in [0.1, 0.15) is 0 Å². The van der Waals surface area contributed by atoms with Crippen LogP contribution in [0.1, 0.15) is 40.0 Å². The fraction of sp³-hybridized carbons (Fsp3) is 0.750. The third-order valence-electron chi connectivity index (χ3n) is 0.493. The Kier molecular flexibility index (Phi) is 21.2. The van der Waals surface area contributed by atoms with Gasteiger partial charge in [-0.2, -0.15) is 0 Å². The molecular formula is C8H18. The van der Waals surface area contributed by atoms with E-state index in [0.29, 0.717) is 0 Å². The highest BCUT2D eigenvalue weighted by Gasteiger charge is 1.61. The Balaban J connectivity index is 0. The van der Waals surface area contributed by atoms with Crippen LogP contribution in [0.25, 0.3) is 0 Å². The molecular weight excluding hydrogens is 96.1 g/mol. The minimum absolute atomic E-state index is 1.15. The molecule has 0 aliphatic rings. The van der Waals surface area contributed by atoms with Crippen LogP contribution < -0.4 is 0 Å². The fourth-order valence-corrected chi connectivity index (χ4v) is 0.204. The summed E-state index contributed by atoms with van der Waals surface area (Å²) in [5.41, 5.74) is 0. The minimum Gasteiger partial charge on any atom is -0.103 e. The summed E-state index contributed by atoms with van der Waals surface area (Å²) in [4.78, 5) is 0. The van der Waals surface area contributed by atoms with Crippen molar-refractivity contribution in [3.63, 3.8) is 0 Å². The molecule has 0 aliphatic heterocycles. The van der Waals surface area contributed by atoms with Gasteiger partial charge >= 0.3 is 0 Å². The Morgan fingerprint density at radius 1 is 1.25 bits per heavy atom. The number of hydrogen-bond donors (Lipinski definition) is 0. The lowest BCUT2D eigenvalue weighted by Crippen LogP contribution is -1.52. The molecule has 0 heteroatoms. The average molecular weight is 114 g/mol. The van der Waals surface area contributed by atoms with E-state index < -0.39 is 0 Å². The first-order chi connectivity index (χ1) is 3.83. The van der Waals surface area contributed by atoms with Crippen LogP contribution in [0.3, 0.4) is 0 Å². The zero-order chi connectivity index (χ0) is 6.83. The molecule has 0 aromatic heterocycles. The molecule has 0 aromatic carbocycles. The van der Waals surface area contributed by atoms with Gasteiger partial charge in [-0.3, -0.25) is 0 Å². The monoisotopic (exact) mass is 114 g/mol. The van der Waals surface area contributed by atoms with Gasteiger partial charge in [0.05, 0.1) is 0 Å². The molecule has 0 unspecified atom stereocenters. The molecule has 0 saturated heterocycles. The molecule has 0 aromatic rings. The van der Waals surface area contributed by atoms with Crippen molar-refractivity contribution in [2.75, 3.05) is 0 Å². The molecule has 8 heavy (non-hydrogen) atoms. The van der Waals surface area contributed by atoms with Gasteiger partial charge in [-0.1, -0.05) is 39.7 Å². The van der Waals surface area contributed by atoms with Crippen LogP contribution in [0, 0.1) is 0 Å². The molecule has 0 atom stereocenters. The predicted octanol–water partition coefficient (Wildman–Crippen LogP) is 3.39. The van der Waals surface area contributed by atoms with Crippen LogP contribution in [-0.2, 0) is 0 Å². The van der Waals surface area contributed by atoms with Crippen molar-refractivity contribution < 1.29 is 0 Å². The number of rotatable bonds is 2. The normalized spacial score (nSPS) is 6.88. The van der Waals surface area contributed by atoms with Gasteiger partial charge in [0, 0.05) is 0 Å². The third-order valence-corrected chi connectivity index (χ3v) is 0.493. The highest BCUT2D eigenvalue weighted by atomic mass is 13.7. The second kappa shape index (κ2) is 15.9. The Bertz CT molecular complexity index is 29.0. The number of allylic oxidation sites excluding steroid dienone is 1. The van der Waals surface area contributed by atoms with E-state index in [0.717, 1.165) is 6.42 Å². The van der Waals surface area contributed by atoms with E-state index in [1.54, 1.807) is 0 Å². The zero-order valence-electron chi connectivity index (χ0n) is 6.41. The second-order valence-electron chi connectivity index (χ2n) is 1.78. The maximum Gasteiger partial charge on any atom is -0.0356 e. The summed E-state index contributed by atoms with van der Waals surface area (Å²) in [6.45, 7) is 9.94. The van der Waals surface area contributed by atoms with Gasteiger partial charge in [0.25, 0.3) is 0 Å². The van der Waals surface area contributed by atoms with E-state index >= 15 is 0 Å². The lowest BCUT2D eigenvalue weighted by molar-refractivity contribution is 0.961. The van der Waals surface area contributed by atoms with Crippen molar-refractivity contribution in [2.24, 2.45) is 0 Å². The van der Waals surface area contributed by atoms with E-state index in [9.17, 15) is 0 Å². The van der Waals surface area contributed by atoms with Gasteiger partial charge in [-0.05, 0) is 6.42 Å². The summed E-state index contributed by atoms with van der Waals surface area (Å²) in [7, 11) is 0. The smallest absolute Gasteiger partial charge is 0.0356 e. The maximum absolute atomic E-state index is 3.55. The van der Waals surface area contributed by atoms with Gasteiger partial charge < -0.3 is 0 Å². The Morgan fingerprint density at radius 3 is 1.62 bits per heavy atom. The van der Waals surface area contributed by atoms with Gasteiger partial charge in [0.15, 0.2) is 0 Å². The summed E-state index contributed by atoms with van der Waals surface area (Å²) in [5.74, 6) is 0. The molecule has 0 heterocycles. The maximum atomic E-state index is 3.55. The largest absolute Gasteiger partial charge is 0.103 e. The number of unbranched alkanes of at least 4 members (excludes halogenated alkanes) is 1. The summed E-state index contributed by atoms with van der Waals surface area (Å²) < 4.78 is 0. The van der Waals surface area contributed by atoms with Gasteiger partial charge in [0.2, 0.25) is 0 Å². The third kappa shape index (κ3) is 42.6. The first-order valence-electron chi connectivity index (χ1n) is 3.44. The van der Waals surface area contributed by atoms with Crippen LogP contribution in [0.2, 0.25) is 0 Å². The molecule has 0 saturated carbocycles. The van der Waals surface area contributed by atoms with Crippen molar-refractivity contribution in [1.29, 1.82) is 0 Å². The van der Waals surface area contributed by atoms with Crippen molar-refractivity contribution in [1.82, 2.24) is 0 Å². The second-order valence-corrected chi connectivity index (χ2v) is 1.78. The minimum atomic E-state index is 1.15. The summed E-state index contributed by atoms with van der Waals surface area (Å²) in [6, 6.07) is 0. The molecule has 0 rings (SSSR count). The summed E-state index contributed by atoms with van der Waals surface area (Å²) >= 11 is 0. The zero-order valence-corrected chi connectivity index (χ0v) is 6.41. The Hall–Kier alpha value is -0.260. The molecule has 0 bridgehead atoms. The standard InChI is InChI=1S/C5H10.C3H8/c1-3-5-4-2;1-3-2/h3H,1,4-5H2,2H3;3H2,1-2H3. The van der Waals surface area contributed by atoms with Crippen LogP contribution >= 0.6 is 0 Å². The van der Waals surface area contributed by atoms with E-state index in [2.05, 4.69) is 27.4 Å². The molecule has 50 valence electrons. The summed E-state index contributed by atoms with van der Waals surface area (Å²) in [6.07, 6.45) is 5.56. The quantitative estimate of drug-likeness (QED) is 0.483. The fourth-order valence-electron chi connectivity index (χ4n) is 0.204. The Labute approximate surface area is 53.6 Å². The molecule has 0 spiro atoms. The average Bonchev–Trinajstić information content (AvgIpc) is 1.71. The molecule has 0 aliphatic carbocycles. The van der Waals surface area contributed by atoms with E-state index in [1.165, 1.54) is 12.8 Å². The first-order valence-corrected chi connectivity index (χ1v) is 3.44. The van der Waals surface area contributed by atoms with E-state index in [4.69, 9.17) is 0 Å². The van der Waals surface area contributed by atoms with Crippen LogP contribution in [0.4, 0.5) is 0 Å².